The van der Waals surface area contributed by atoms with E-state index in [1.54, 1.807) is 12.1 Å². The van der Waals surface area contributed by atoms with Gasteiger partial charge >= 0.3 is 0 Å². The van der Waals surface area contributed by atoms with Gasteiger partial charge in [-0.15, -0.1) is 0 Å². The van der Waals surface area contributed by atoms with Crippen molar-refractivity contribution in [2.75, 3.05) is 7.11 Å². The Balaban J connectivity index is 1.87. The van der Waals surface area contributed by atoms with Crippen molar-refractivity contribution in [2.45, 2.75) is 12.9 Å². The van der Waals surface area contributed by atoms with Crippen LogP contribution in [0, 0.1) is 0 Å². The van der Waals surface area contributed by atoms with Gasteiger partial charge in [-0.1, -0.05) is 18.2 Å². The van der Waals surface area contributed by atoms with Crippen molar-refractivity contribution in [3.63, 3.8) is 0 Å². The Labute approximate surface area is 111 Å². The van der Waals surface area contributed by atoms with Crippen molar-refractivity contribution in [1.29, 1.82) is 0 Å². The third-order valence-corrected chi connectivity index (χ3v) is 3.07. The van der Waals surface area contributed by atoms with E-state index >= 15 is 0 Å². The molecule has 2 aromatic rings. The molecule has 4 heteroatoms. The number of phenols is 1. The molecule has 0 aliphatic carbocycles. The van der Waals surface area contributed by atoms with Crippen LogP contribution in [0.15, 0.2) is 42.5 Å². The second-order valence-electron chi connectivity index (χ2n) is 4.30. The summed E-state index contributed by atoms with van der Waals surface area (Å²) in [7, 11) is 1.51. The molecule has 0 saturated heterocycles. The normalized spacial score (nSPS) is 17.4. The summed E-state index contributed by atoms with van der Waals surface area (Å²) < 4.78 is 16.4. The van der Waals surface area contributed by atoms with E-state index in [9.17, 15) is 5.11 Å². The minimum atomic E-state index is -0.508. The molecule has 1 heterocycles. The third-order valence-electron chi connectivity index (χ3n) is 3.07. The number of hydrogen-bond donors (Lipinski definition) is 1. The fraction of sp³-hybridized carbons (Fsp3) is 0.200. The Hall–Kier alpha value is -2.20. The van der Waals surface area contributed by atoms with Crippen LogP contribution in [0.3, 0.4) is 0 Å². The Morgan fingerprint density at radius 2 is 2.05 bits per heavy atom. The highest BCUT2D eigenvalue weighted by atomic mass is 16.7. The van der Waals surface area contributed by atoms with Crippen LogP contribution in [0.2, 0.25) is 0 Å². The Bertz CT molecular complexity index is 594. The van der Waals surface area contributed by atoms with Crippen LogP contribution >= 0.6 is 0 Å². The van der Waals surface area contributed by atoms with Gasteiger partial charge in [-0.25, -0.2) is 0 Å². The van der Waals surface area contributed by atoms with Crippen LogP contribution in [-0.2, 0) is 11.3 Å². The minimum absolute atomic E-state index is 0.0751. The molecule has 0 spiro atoms. The Kier molecular flexibility index (Phi) is 3.01. The maximum atomic E-state index is 9.78. The number of rotatable bonds is 2. The maximum Gasteiger partial charge on any atom is 0.227 e. The van der Waals surface area contributed by atoms with E-state index in [0.29, 0.717) is 12.4 Å². The van der Waals surface area contributed by atoms with Crippen LogP contribution in [0.1, 0.15) is 17.4 Å². The van der Waals surface area contributed by atoms with Gasteiger partial charge in [0.2, 0.25) is 6.29 Å². The summed E-state index contributed by atoms with van der Waals surface area (Å²) in [5.74, 6) is 1.32. The zero-order valence-corrected chi connectivity index (χ0v) is 10.5. The molecule has 0 unspecified atom stereocenters. The number of benzene rings is 2. The van der Waals surface area contributed by atoms with Crippen molar-refractivity contribution >= 4 is 0 Å². The summed E-state index contributed by atoms with van der Waals surface area (Å²) in [6, 6.07) is 12.9. The second kappa shape index (κ2) is 4.82. The van der Waals surface area contributed by atoms with Crippen LogP contribution in [0.25, 0.3) is 0 Å². The average Bonchev–Trinajstić information content (AvgIpc) is 2.46. The largest absolute Gasteiger partial charge is 0.504 e. The average molecular weight is 258 g/mol. The molecule has 0 radical (unpaired) electrons. The molecular weight excluding hydrogens is 244 g/mol. The molecule has 0 fully saturated rings. The lowest BCUT2D eigenvalue weighted by Gasteiger charge is -2.26. The highest BCUT2D eigenvalue weighted by molar-refractivity contribution is 5.43. The van der Waals surface area contributed by atoms with Gasteiger partial charge in [-0.05, 0) is 24.3 Å². The van der Waals surface area contributed by atoms with Crippen LogP contribution in [0.4, 0.5) is 0 Å². The zero-order chi connectivity index (χ0) is 13.2. The zero-order valence-electron chi connectivity index (χ0n) is 10.5. The fourth-order valence-electron chi connectivity index (χ4n) is 2.07. The molecule has 1 aliphatic heterocycles. The SMILES string of the molecule is COc1ccc([C@H]2OCc3ccccc3O2)cc1O. The van der Waals surface area contributed by atoms with Gasteiger partial charge in [0.05, 0.1) is 13.7 Å². The minimum Gasteiger partial charge on any atom is -0.504 e. The molecule has 2 aromatic carbocycles. The predicted octanol–water partition coefficient (Wildman–Crippen LogP) is 3.01. The molecule has 1 N–H and O–H groups in total. The quantitative estimate of drug-likeness (QED) is 0.899. The first-order valence-corrected chi connectivity index (χ1v) is 6.01. The van der Waals surface area contributed by atoms with Gasteiger partial charge in [0.1, 0.15) is 5.75 Å². The number of hydrogen-bond acceptors (Lipinski definition) is 4. The Morgan fingerprint density at radius 1 is 1.21 bits per heavy atom. The van der Waals surface area contributed by atoms with E-state index < -0.39 is 6.29 Å². The van der Waals surface area contributed by atoms with Gasteiger partial charge in [0, 0.05) is 11.1 Å². The molecular formula is C15H14O4. The summed E-state index contributed by atoms with van der Waals surface area (Å²) in [6.07, 6.45) is -0.508. The van der Waals surface area contributed by atoms with E-state index in [0.717, 1.165) is 16.9 Å². The number of para-hydroxylation sites is 1. The lowest BCUT2D eigenvalue weighted by atomic mass is 10.1. The van der Waals surface area contributed by atoms with E-state index in [1.165, 1.54) is 7.11 Å². The first kappa shape index (κ1) is 11.9. The predicted molar refractivity (Wildman–Crippen MR) is 69.3 cm³/mol. The van der Waals surface area contributed by atoms with E-state index in [2.05, 4.69) is 0 Å². The molecule has 3 rings (SSSR count). The van der Waals surface area contributed by atoms with Crippen LogP contribution in [0.5, 0.6) is 17.2 Å². The molecule has 0 aromatic heterocycles. The van der Waals surface area contributed by atoms with Crippen molar-refractivity contribution in [3.8, 4) is 17.2 Å². The van der Waals surface area contributed by atoms with Gasteiger partial charge in [-0.2, -0.15) is 0 Å². The summed E-state index contributed by atoms with van der Waals surface area (Å²) >= 11 is 0. The smallest absolute Gasteiger partial charge is 0.227 e. The third kappa shape index (κ3) is 2.22. The number of ether oxygens (including phenoxy) is 3. The monoisotopic (exact) mass is 258 g/mol. The van der Waals surface area contributed by atoms with Crippen molar-refractivity contribution in [2.24, 2.45) is 0 Å². The van der Waals surface area contributed by atoms with E-state index in [1.807, 2.05) is 30.3 Å². The van der Waals surface area contributed by atoms with E-state index in [4.69, 9.17) is 14.2 Å². The summed E-state index contributed by atoms with van der Waals surface area (Å²) in [5, 5.41) is 9.78. The van der Waals surface area contributed by atoms with Crippen molar-refractivity contribution in [1.82, 2.24) is 0 Å². The van der Waals surface area contributed by atoms with Gasteiger partial charge in [-0.3, -0.25) is 0 Å². The molecule has 1 atom stereocenters. The van der Waals surface area contributed by atoms with Gasteiger partial charge in [0.15, 0.2) is 11.5 Å². The van der Waals surface area contributed by atoms with Gasteiger partial charge < -0.3 is 19.3 Å². The number of aromatic hydroxyl groups is 1. The summed E-state index contributed by atoms with van der Waals surface area (Å²) in [6.45, 7) is 0.494. The fourth-order valence-corrected chi connectivity index (χ4v) is 2.07. The highest BCUT2D eigenvalue weighted by Gasteiger charge is 2.22. The highest BCUT2D eigenvalue weighted by Crippen LogP contribution is 2.35. The van der Waals surface area contributed by atoms with Crippen LogP contribution in [-0.4, -0.2) is 12.2 Å². The molecule has 98 valence electrons. The number of phenolic OH excluding ortho intramolecular Hbond substituents is 1. The van der Waals surface area contributed by atoms with E-state index in [-0.39, 0.29) is 5.75 Å². The lowest BCUT2D eigenvalue weighted by molar-refractivity contribution is -0.111. The van der Waals surface area contributed by atoms with Crippen LogP contribution < -0.4 is 9.47 Å². The second-order valence-corrected chi connectivity index (χ2v) is 4.30. The Morgan fingerprint density at radius 3 is 2.84 bits per heavy atom. The first-order chi connectivity index (χ1) is 9.28. The van der Waals surface area contributed by atoms with Crippen molar-refractivity contribution < 1.29 is 19.3 Å². The molecule has 4 nitrogen and oxygen atoms in total. The topological polar surface area (TPSA) is 47.9 Å². The molecule has 19 heavy (non-hydrogen) atoms. The summed E-state index contributed by atoms with van der Waals surface area (Å²) in [5.41, 5.74) is 1.78. The molecule has 0 amide bonds. The van der Waals surface area contributed by atoms with Crippen molar-refractivity contribution in [3.05, 3.63) is 53.6 Å². The molecule has 0 saturated carbocycles. The maximum absolute atomic E-state index is 9.78. The first-order valence-electron chi connectivity index (χ1n) is 6.01. The summed E-state index contributed by atoms with van der Waals surface area (Å²) in [4.78, 5) is 0. The lowest BCUT2D eigenvalue weighted by Crippen LogP contribution is -2.17. The number of fused-ring (bicyclic) bond motifs is 1. The number of methoxy groups -OCH3 is 1. The molecule has 1 aliphatic rings. The standard InChI is InChI=1S/C15H14O4/c1-17-14-7-6-10(8-12(14)16)15-18-9-11-4-2-3-5-13(11)19-15/h2-8,15-16H,9H2,1H3/t15-/m0/s1. The van der Waals surface area contributed by atoms with Gasteiger partial charge in [0.25, 0.3) is 0 Å². The molecule has 0 bridgehead atoms.